The topological polar surface area (TPSA) is 68.8 Å². The Hall–Kier alpha value is -6.05. The van der Waals surface area contributed by atoms with E-state index in [1.807, 2.05) is 73.8 Å². The zero-order chi connectivity index (χ0) is 31.5. The number of benzene rings is 4. The van der Waals surface area contributed by atoms with Gasteiger partial charge < -0.3 is 0 Å². The van der Waals surface area contributed by atoms with Gasteiger partial charge in [-0.15, -0.1) is 11.3 Å². The summed E-state index contributed by atoms with van der Waals surface area (Å²) in [6.07, 6.45) is 7.63. The molecule has 0 amide bonds. The summed E-state index contributed by atoms with van der Waals surface area (Å²) in [5.41, 5.74) is 7.01. The summed E-state index contributed by atoms with van der Waals surface area (Å²) in [5.74, 6) is 0.556. The van der Waals surface area contributed by atoms with Crippen LogP contribution >= 0.6 is 11.3 Å². The Morgan fingerprint density at radius 3 is 2.26 bits per heavy atom. The molecule has 7 heteroatoms. The molecule has 0 aliphatic rings. The highest BCUT2D eigenvalue weighted by Gasteiger charge is 2.24. The Morgan fingerprint density at radius 1 is 0.723 bits per heavy atom. The van der Waals surface area contributed by atoms with Gasteiger partial charge in [-0.1, -0.05) is 72.8 Å². The summed E-state index contributed by atoms with van der Waals surface area (Å²) in [6.45, 7) is 5.98. The average Bonchev–Trinajstić information content (AvgIpc) is 3.69. The molecule has 9 aromatic rings. The number of thiophene rings is 1. The van der Waals surface area contributed by atoms with Crippen molar-refractivity contribution in [3.05, 3.63) is 139 Å². The standard InChI is InChI=1S/C40H26N6S/c1-24(29-16-9-10-22-42-29)20-21-31(41-2)36-27-14-5-7-17-30(27)44-40(45-36)46-32-18-11-23-43-37(32)35-26-13-4-3-12-25(26)34-28-15-6-8-19-33(28)47-39(34)38(35)46/h3-23H,2H2,1H3/b24-20+,31-21-. The Kier molecular flexibility index (Phi) is 6.26. The fourth-order valence-electron chi connectivity index (χ4n) is 6.64. The number of hydrogen-bond donors (Lipinski definition) is 0. The number of allylic oxidation sites excluding steroid dienone is 3. The molecule has 0 radical (unpaired) electrons. The molecular weight excluding hydrogens is 597 g/mol. The molecule has 222 valence electrons. The van der Waals surface area contributed by atoms with Crippen molar-refractivity contribution in [1.29, 1.82) is 0 Å². The van der Waals surface area contributed by atoms with Gasteiger partial charge in [0.15, 0.2) is 0 Å². The van der Waals surface area contributed by atoms with Crippen LogP contribution in [0.4, 0.5) is 0 Å². The summed E-state index contributed by atoms with van der Waals surface area (Å²) in [6, 6.07) is 35.3. The molecule has 0 saturated carbocycles. The monoisotopic (exact) mass is 622 g/mol. The number of nitrogens with zero attached hydrogens (tertiary/aromatic N) is 6. The normalized spacial score (nSPS) is 12.7. The minimum atomic E-state index is 0.556. The molecule has 4 aromatic carbocycles. The predicted octanol–water partition coefficient (Wildman–Crippen LogP) is 10.2. The van der Waals surface area contributed by atoms with E-state index in [1.54, 1.807) is 17.5 Å². The second-order valence-electron chi connectivity index (χ2n) is 11.4. The molecule has 0 bridgehead atoms. The lowest BCUT2D eigenvalue weighted by atomic mass is 10.00. The molecule has 6 nitrogen and oxygen atoms in total. The second kappa shape index (κ2) is 10.8. The third kappa shape index (κ3) is 4.21. The molecule has 5 heterocycles. The van der Waals surface area contributed by atoms with Gasteiger partial charge in [0, 0.05) is 38.6 Å². The maximum absolute atomic E-state index is 5.29. The summed E-state index contributed by atoms with van der Waals surface area (Å²) >= 11 is 1.80. The van der Waals surface area contributed by atoms with E-state index in [1.165, 1.54) is 25.6 Å². The average molecular weight is 623 g/mol. The first-order valence-corrected chi connectivity index (χ1v) is 16.2. The third-order valence-corrected chi connectivity index (χ3v) is 9.94. The summed E-state index contributed by atoms with van der Waals surface area (Å²) in [4.78, 5) is 24.4. The van der Waals surface area contributed by atoms with Crippen LogP contribution in [0.2, 0.25) is 0 Å². The van der Waals surface area contributed by atoms with Crippen molar-refractivity contribution >= 4 is 93.1 Å². The molecule has 0 saturated heterocycles. The lowest BCUT2D eigenvalue weighted by Gasteiger charge is -2.12. The van der Waals surface area contributed by atoms with Gasteiger partial charge in [0.1, 0.15) is 5.69 Å². The van der Waals surface area contributed by atoms with Crippen molar-refractivity contribution < 1.29 is 0 Å². The van der Waals surface area contributed by atoms with Gasteiger partial charge in [0.25, 0.3) is 0 Å². The van der Waals surface area contributed by atoms with Crippen molar-refractivity contribution in [1.82, 2.24) is 24.5 Å². The van der Waals surface area contributed by atoms with E-state index >= 15 is 0 Å². The fourth-order valence-corrected chi connectivity index (χ4v) is 7.90. The molecule has 0 unspecified atom stereocenters. The molecule has 5 aromatic heterocycles. The van der Waals surface area contributed by atoms with E-state index in [2.05, 4.69) is 75.9 Å². The third-order valence-electron chi connectivity index (χ3n) is 8.77. The molecule has 9 rings (SSSR count). The molecule has 0 atom stereocenters. The maximum Gasteiger partial charge on any atom is 0.235 e. The summed E-state index contributed by atoms with van der Waals surface area (Å²) < 4.78 is 4.61. The van der Waals surface area contributed by atoms with Crippen LogP contribution in [-0.2, 0) is 0 Å². The van der Waals surface area contributed by atoms with Crippen molar-refractivity contribution in [2.45, 2.75) is 6.92 Å². The minimum absolute atomic E-state index is 0.556. The molecule has 47 heavy (non-hydrogen) atoms. The van der Waals surface area contributed by atoms with Crippen LogP contribution in [0.15, 0.2) is 133 Å². The highest BCUT2D eigenvalue weighted by Crippen LogP contribution is 2.47. The Bertz CT molecular complexity index is 2770. The highest BCUT2D eigenvalue weighted by molar-refractivity contribution is 7.27. The Labute approximate surface area is 273 Å². The predicted molar refractivity (Wildman–Crippen MR) is 197 cm³/mol. The second-order valence-corrected chi connectivity index (χ2v) is 12.5. The van der Waals surface area contributed by atoms with Crippen LogP contribution in [0.1, 0.15) is 18.3 Å². The van der Waals surface area contributed by atoms with Gasteiger partial charge in [-0.25, -0.2) is 9.97 Å². The van der Waals surface area contributed by atoms with Crippen LogP contribution in [0.5, 0.6) is 0 Å². The van der Waals surface area contributed by atoms with Crippen molar-refractivity contribution in [2.24, 2.45) is 4.99 Å². The maximum atomic E-state index is 5.29. The van der Waals surface area contributed by atoms with Gasteiger partial charge in [0.05, 0.1) is 38.2 Å². The number of para-hydroxylation sites is 1. The molecule has 0 spiro atoms. The molecule has 0 aliphatic carbocycles. The highest BCUT2D eigenvalue weighted by atomic mass is 32.1. The smallest absolute Gasteiger partial charge is 0.235 e. The Balaban J connectivity index is 1.40. The number of fused-ring (bicyclic) bond motifs is 11. The molecule has 0 N–H and O–H groups in total. The van der Waals surface area contributed by atoms with Gasteiger partial charge in [-0.2, -0.15) is 0 Å². The fraction of sp³-hybridized carbons (Fsp3) is 0.0250. The van der Waals surface area contributed by atoms with Crippen LogP contribution in [-0.4, -0.2) is 31.2 Å². The van der Waals surface area contributed by atoms with E-state index in [4.69, 9.17) is 15.0 Å². The first kappa shape index (κ1) is 27.3. The van der Waals surface area contributed by atoms with Gasteiger partial charge in [0.2, 0.25) is 5.95 Å². The Morgan fingerprint density at radius 2 is 1.45 bits per heavy atom. The van der Waals surface area contributed by atoms with Crippen molar-refractivity contribution in [3.8, 4) is 5.95 Å². The van der Waals surface area contributed by atoms with Gasteiger partial charge in [-0.3, -0.25) is 19.5 Å². The minimum Gasteiger partial charge on any atom is -0.275 e. The van der Waals surface area contributed by atoms with Crippen LogP contribution in [0, 0.1) is 0 Å². The first-order valence-electron chi connectivity index (χ1n) is 15.4. The summed E-state index contributed by atoms with van der Waals surface area (Å²) in [5, 5.41) is 6.85. The first-order chi connectivity index (χ1) is 23.2. The number of pyridine rings is 2. The van der Waals surface area contributed by atoms with Crippen molar-refractivity contribution in [3.63, 3.8) is 0 Å². The largest absolute Gasteiger partial charge is 0.275 e. The van der Waals surface area contributed by atoms with Crippen molar-refractivity contribution in [2.75, 3.05) is 0 Å². The van der Waals surface area contributed by atoms with E-state index in [0.29, 0.717) is 17.3 Å². The molecular formula is C40H26N6S. The zero-order valence-corrected chi connectivity index (χ0v) is 26.2. The lowest BCUT2D eigenvalue weighted by molar-refractivity contribution is 1.00. The number of rotatable bonds is 5. The van der Waals surface area contributed by atoms with Crippen LogP contribution < -0.4 is 0 Å². The van der Waals surface area contributed by atoms with E-state index < -0.39 is 0 Å². The van der Waals surface area contributed by atoms with E-state index in [-0.39, 0.29) is 0 Å². The SMILES string of the molecule is C=N/C(=C\C=C(/C)c1ccccn1)c1nc(-n2c3cccnc3c3c4ccccc4c4c5ccccc5sc4c32)nc2ccccc12. The van der Waals surface area contributed by atoms with Gasteiger partial charge in [-0.05, 0) is 72.5 Å². The lowest BCUT2D eigenvalue weighted by Crippen LogP contribution is -2.05. The van der Waals surface area contributed by atoms with Crippen LogP contribution in [0.3, 0.4) is 0 Å². The number of aliphatic imine (C=N–C) groups is 1. The summed E-state index contributed by atoms with van der Waals surface area (Å²) in [7, 11) is 0. The quantitative estimate of drug-likeness (QED) is 0.141. The number of hydrogen-bond acceptors (Lipinski definition) is 6. The number of aromatic nitrogens is 5. The zero-order valence-electron chi connectivity index (χ0n) is 25.4. The molecule has 0 aliphatic heterocycles. The van der Waals surface area contributed by atoms with Gasteiger partial charge >= 0.3 is 0 Å². The van der Waals surface area contributed by atoms with Crippen LogP contribution in [0.25, 0.3) is 81.0 Å². The molecule has 0 fully saturated rings. The van der Waals surface area contributed by atoms with E-state index in [9.17, 15) is 0 Å². The van der Waals surface area contributed by atoms with E-state index in [0.717, 1.165) is 49.5 Å².